The zero-order chi connectivity index (χ0) is 19.7. The van der Waals surface area contributed by atoms with Gasteiger partial charge in [-0.3, -0.25) is 0 Å². The molecule has 146 valence electrons. The number of hydrogen-bond donors (Lipinski definition) is 0. The molecule has 1 aliphatic rings. The Labute approximate surface area is 167 Å². The van der Waals surface area contributed by atoms with Crippen molar-refractivity contribution in [3.05, 3.63) is 59.4 Å². The average Bonchev–Trinajstić information content (AvgIpc) is 3.38. The zero-order valence-corrected chi connectivity index (χ0v) is 16.7. The fraction of sp³-hybridized carbons (Fsp3) is 0.263. The summed E-state index contributed by atoms with van der Waals surface area (Å²) >= 11 is 5.88. The molecule has 1 atom stereocenters. The van der Waals surface area contributed by atoms with E-state index in [-0.39, 0.29) is 4.90 Å². The lowest BCUT2D eigenvalue weighted by molar-refractivity contribution is 0.290. The first-order valence-electron chi connectivity index (χ1n) is 8.74. The van der Waals surface area contributed by atoms with E-state index in [4.69, 9.17) is 20.9 Å². The number of ether oxygens (including phenoxy) is 1. The molecule has 1 aliphatic heterocycles. The van der Waals surface area contributed by atoms with Gasteiger partial charge in [-0.25, -0.2) is 8.42 Å². The maximum Gasteiger partial charge on any atom is 0.245 e. The third-order valence-electron chi connectivity index (χ3n) is 4.70. The molecule has 9 heteroatoms. The van der Waals surface area contributed by atoms with E-state index in [2.05, 4.69) is 10.1 Å². The van der Waals surface area contributed by atoms with Crippen LogP contribution in [-0.4, -0.2) is 36.5 Å². The molecule has 4 rings (SSSR count). The van der Waals surface area contributed by atoms with E-state index < -0.39 is 16.1 Å². The van der Waals surface area contributed by atoms with Crippen LogP contribution in [0.5, 0.6) is 5.75 Å². The molecule has 0 aliphatic carbocycles. The Morgan fingerprint density at radius 1 is 1.14 bits per heavy atom. The van der Waals surface area contributed by atoms with Crippen LogP contribution in [-0.2, 0) is 10.0 Å². The molecule has 28 heavy (non-hydrogen) atoms. The first-order valence-corrected chi connectivity index (χ1v) is 10.6. The summed E-state index contributed by atoms with van der Waals surface area (Å²) in [5.74, 6) is 1.43. The van der Waals surface area contributed by atoms with Crippen LogP contribution in [0, 0.1) is 0 Å². The second kappa shape index (κ2) is 7.54. The summed E-state index contributed by atoms with van der Waals surface area (Å²) in [6.07, 6.45) is 1.34. The van der Waals surface area contributed by atoms with Gasteiger partial charge in [0, 0.05) is 17.1 Å². The van der Waals surface area contributed by atoms with E-state index in [1.165, 1.54) is 16.4 Å². The van der Waals surface area contributed by atoms with Gasteiger partial charge in [-0.2, -0.15) is 9.29 Å². The van der Waals surface area contributed by atoms with Crippen LogP contribution in [0.3, 0.4) is 0 Å². The summed E-state index contributed by atoms with van der Waals surface area (Å²) in [6.45, 7) is 0.399. The summed E-state index contributed by atoms with van der Waals surface area (Å²) in [6, 6.07) is 12.9. The number of rotatable bonds is 5. The van der Waals surface area contributed by atoms with Crippen molar-refractivity contribution in [2.45, 2.75) is 23.8 Å². The Balaban J connectivity index is 1.61. The SMILES string of the molecule is COc1ccc(-c2noc(C3CCCN3S(=O)(=O)c3ccc(Cl)cc3)n2)cc1. The lowest BCUT2D eigenvalue weighted by atomic mass is 10.2. The first kappa shape index (κ1) is 18.9. The Morgan fingerprint density at radius 3 is 2.54 bits per heavy atom. The molecule has 0 saturated carbocycles. The maximum absolute atomic E-state index is 13.1. The lowest BCUT2D eigenvalue weighted by Gasteiger charge is -2.21. The molecule has 0 N–H and O–H groups in total. The van der Waals surface area contributed by atoms with Crippen molar-refractivity contribution in [3.8, 4) is 17.1 Å². The smallest absolute Gasteiger partial charge is 0.245 e. The number of benzene rings is 2. The highest BCUT2D eigenvalue weighted by molar-refractivity contribution is 7.89. The minimum atomic E-state index is -3.69. The number of halogens is 1. The fourth-order valence-electron chi connectivity index (χ4n) is 3.24. The van der Waals surface area contributed by atoms with Crippen molar-refractivity contribution in [1.29, 1.82) is 0 Å². The number of hydrogen-bond acceptors (Lipinski definition) is 6. The minimum absolute atomic E-state index is 0.193. The second-order valence-corrected chi connectivity index (χ2v) is 8.74. The molecular weight excluding hydrogens is 402 g/mol. The van der Waals surface area contributed by atoms with Gasteiger partial charge in [0.2, 0.25) is 21.7 Å². The van der Waals surface area contributed by atoms with Gasteiger partial charge in [0.15, 0.2) is 0 Å². The predicted molar refractivity (Wildman–Crippen MR) is 104 cm³/mol. The van der Waals surface area contributed by atoms with Crippen LogP contribution in [0.2, 0.25) is 5.02 Å². The number of methoxy groups -OCH3 is 1. The van der Waals surface area contributed by atoms with Gasteiger partial charge in [-0.05, 0) is 61.4 Å². The highest BCUT2D eigenvalue weighted by Crippen LogP contribution is 2.36. The predicted octanol–water partition coefficient (Wildman–Crippen LogP) is 3.92. The largest absolute Gasteiger partial charge is 0.497 e. The van der Waals surface area contributed by atoms with Gasteiger partial charge in [-0.1, -0.05) is 16.8 Å². The topological polar surface area (TPSA) is 85.5 Å². The Kier molecular flexibility index (Phi) is 5.09. The molecule has 7 nitrogen and oxygen atoms in total. The highest BCUT2D eigenvalue weighted by atomic mass is 35.5. The Morgan fingerprint density at radius 2 is 1.86 bits per heavy atom. The number of sulfonamides is 1. The number of aromatic nitrogens is 2. The van der Waals surface area contributed by atoms with E-state index in [1.54, 1.807) is 31.4 Å². The van der Waals surface area contributed by atoms with Crippen LogP contribution in [0.25, 0.3) is 11.4 Å². The molecule has 2 aromatic carbocycles. The molecular formula is C19H18ClN3O4S. The first-order chi connectivity index (χ1) is 13.5. The van der Waals surface area contributed by atoms with Crippen molar-refractivity contribution in [3.63, 3.8) is 0 Å². The third kappa shape index (κ3) is 3.50. The lowest BCUT2D eigenvalue weighted by Crippen LogP contribution is -2.30. The molecule has 0 bridgehead atoms. The second-order valence-electron chi connectivity index (χ2n) is 6.41. The molecule has 0 spiro atoms. The van der Waals surface area contributed by atoms with Gasteiger partial charge < -0.3 is 9.26 Å². The molecule has 3 aromatic rings. The highest BCUT2D eigenvalue weighted by Gasteiger charge is 2.39. The molecule has 1 saturated heterocycles. The van der Waals surface area contributed by atoms with E-state index in [0.717, 1.165) is 17.7 Å². The van der Waals surface area contributed by atoms with E-state index in [0.29, 0.717) is 29.7 Å². The van der Waals surface area contributed by atoms with Crippen molar-refractivity contribution in [2.24, 2.45) is 0 Å². The van der Waals surface area contributed by atoms with Crippen molar-refractivity contribution < 1.29 is 17.7 Å². The molecule has 1 aromatic heterocycles. The van der Waals surface area contributed by atoms with E-state index in [9.17, 15) is 8.42 Å². The molecule has 1 unspecified atom stereocenters. The molecule has 1 fully saturated rings. The van der Waals surface area contributed by atoms with Crippen LogP contribution in [0.1, 0.15) is 24.8 Å². The molecule has 2 heterocycles. The minimum Gasteiger partial charge on any atom is -0.497 e. The summed E-state index contributed by atoms with van der Waals surface area (Å²) in [5, 5.41) is 4.51. The van der Waals surface area contributed by atoms with Gasteiger partial charge in [0.25, 0.3) is 0 Å². The molecule has 0 amide bonds. The zero-order valence-electron chi connectivity index (χ0n) is 15.1. The monoisotopic (exact) mass is 419 g/mol. The number of nitrogens with zero attached hydrogens (tertiary/aromatic N) is 3. The Hall–Kier alpha value is -2.42. The third-order valence-corrected chi connectivity index (χ3v) is 6.87. The van der Waals surface area contributed by atoms with Crippen LogP contribution in [0.15, 0.2) is 57.9 Å². The van der Waals surface area contributed by atoms with Gasteiger partial charge in [-0.15, -0.1) is 0 Å². The molecule has 0 radical (unpaired) electrons. The van der Waals surface area contributed by atoms with E-state index in [1.807, 2.05) is 12.1 Å². The summed E-state index contributed by atoms with van der Waals surface area (Å²) in [4.78, 5) is 4.64. The normalized spacial score (nSPS) is 17.7. The van der Waals surface area contributed by atoms with Gasteiger partial charge in [0.1, 0.15) is 11.8 Å². The van der Waals surface area contributed by atoms with Crippen LogP contribution < -0.4 is 4.74 Å². The van der Waals surface area contributed by atoms with Crippen LogP contribution in [0.4, 0.5) is 0 Å². The van der Waals surface area contributed by atoms with Crippen molar-refractivity contribution >= 4 is 21.6 Å². The van der Waals surface area contributed by atoms with Gasteiger partial charge in [0.05, 0.1) is 12.0 Å². The summed E-state index contributed by atoms with van der Waals surface area (Å²) in [5.41, 5.74) is 0.765. The van der Waals surface area contributed by atoms with Crippen LogP contribution >= 0.6 is 11.6 Å². The van der Waals surface area contributed by atoms with Crippen molar-refractivity contribution in [1.82, 2.24) is 14.4 Å². The maximum atomic E-state index is 13.1. The standard InChI is InChI=1S/C19H18ClN3O4S/c1-26-15-8-4-13(5-9-15)18-21-19(27-22-18)17-3-2-12-23(17)28(24,25)16-10-6-14(20)7-11-16/h4-11,17H,2-3,12H2,1H3. The quantitative estimate of drug-likeness (QED) is 0.623. The van der Waals surface area contributed by atoms with E-state index >= 15 is 0 Å². The Bertz CT molecular complexity index is 1070. The summed E-state index contributed by atoms with van der Waals surface area (Å²) < 4.78 is 38.1. The van der Waals surface area contributed by atoms with Crippen molar-refractivity contribution in [2.75, 3.05) is 13.7 Å². The van der Waals surface area contributed by atoms with Gasteiger partial charge >= 0.3 is 0 Å². The fourth-order valence-corrected chi connectivity index (χ4v) is 5.02. The average molecular weight is 420 g/mol. The summed E-state index contributed by atoms with van der Waals surface area (Å²) in [7, 11) is -2.09.